The molecule has 1 aliphatic rings. The van der Waals surface area contributed by atoms with Gasteiger partial charge in [0, 0.05) is 6.61 Å². The number of rotatable bonds is 12. The van der Waals surface area contributed by atoms with Gasteiger partial charge in [-0.3, -0.25) is 0 Å². The van der Waals surface area contributed by atoms with Crippen molar-refractivity contribution in [2.75, 3.05) is 6.61 Å². The zero-order chi connectivity index (χ0) is 22.2. The maximum atomic E-state index is 9.70. The van der Waals surface area contributed by atoms with Crippen LogP contribution in [0.25, 0.3) is 6.08 Å². The molecule has 0 heterocycles. The topological polar surface area (TPSA) is 37.3 Å². The van der Waals surface area contributed by atoms with E-state index < -0.39 is 0 Å². The number of aryl methyl sites for hydroxylation is 1. The standard InChI is InChI=1S/C27H42O.CH2O/c1-4-5-6-7-8-9-23-10-12-24(13-11-23)14-15-25-16-18-26(19-17-25)27(21-28)20-22(2)3;1-2/h10-15,25-28H,2,4-9,16-21H2,1,3H3;1H2/b15-14+;. The summed E-state index contributed by atoms with van der Waals surface area (Å²) in [4.78, 5) is 8.00. The highest BCUT2D eigenvalue weighted by Gasteiger charge is 2.26. The molecule has 1 saturated carbocycles. The molecule has 1 aromatic carbocycles. The number of hydrogen-bond acceptors (Lipinski definition) is 2. The Kier molecular flexibility index (Phi) is 14.1. The highest BCUT2D eigenvalue weighted by Crippen LogP contribution is 2.36. The number of aliphatic hydroxyl groups is 1. The van der Waals surface area contributed by atoms with Crippen LogP contribution < -0.4 is 0 Å². The van der Waals surface area contributed by atoms with Crippen LogP contribution in [0, 0.1) is 17.8 Å². The lowest BCUT2D eigenvalue weighted by atomic mass is 9.74. The van der Waals surface area contributed by atoms with E-state index in [0.717, 1.165) is 6.42 Å². The third-order valence-electron chi connectivity index (χ3n) is 6.44. The smallest absolute Gasteiger partial charge is 0.106 e. The van der Waals surface area contributed by atoms with Crippen LogP contribution in [0.15, 0.2) is 42.5 Å². The van der Waals surface area contributed by atoms with Crippen molar-refractivity contribution in [3.05, 3.63) is 53.6 Å². The molecule has 30 heavy (non-hydrogen) atoms. The van der Waals surface area contributed by atoms with Gasteiger partial charge >= 0.3 is 0 Å². The van der Waals surface area contributed by atoms with Gasteiger partial charge < -0.3 is 9.90 Å². The molecule has 0 bridgehead atoms. The fraction of sp³-hybridized carbons (Fsp3) is 0.607. The van der Waals surface area contributed by atoms with Crippen LogP contribution in [-0.4, -0.2) is 18.5 Å². The highest BCUT2D eigenvalue weighted by molar-refractivity contribution is 5.50. The second kappa shape index (κ2) is 16.1. The highest BCUT2D eigenvalue weighted by atomic mass is 16.3. The van der Waals surface area contributed by atoms with Crippen molar-refractivity contribution in [2.24, 2.45) is 17.8 Å². The Morgan fingerprint density at radius 1 is 1.07 bits per heavy atom. The molecule has 2 nitrogen and oxygen atoms in total. The third-order valence-corrected chi connectivity index (χ3v) is 6.44. The lowest BCUT2D eigenvalue weighted by Crippen LogP contribution is -2.24. The Morgan fingerprint density at radius 2 is 1.70 bits per heavy atom. The van der Waals surface area contributed by atoms with Crippen LogP contribution in [-0.2, 0) is 11.2 Å². The van der Waals surface area contributed by atoms with Crippen molar-refractivity contribution in [3.63, 3.8) is 0 Å². The largest absolute Gasteiger partial charge is 0.396 e. The van der Waals surface area contributed by atoms with Crippen molar-refractivity contribution in [2.45, 2.75) is 84.5 Å². The molecular weight excluding hydrogens is 368 g/mol. The van der Waals surface area contributed by atoms with Crippen molar-refractivity contribution >= 4 is 12.9 Å². The summed E-state index contributed by atoms with van der Waals surface area (Å²) in [5.74, 6) is 1.78. The van der Waals surface area contributed by atoms with Crippen molar-refractivity contribution in [3.8, 4) is 0 Å². The molecule has 2 heteroatoms. The molecule has 0 saturated heterocycles. The van der Waals surface area contributed by atoms with Crippen molar-refractivity contribution in [1.29, 1.82) is 0 Å². The van der Waals surface area contributed by atoms with Gasteiger partial charge in [-0.05, 0) is 80.8 Å². The molecule has 0 aliphatic heterocycles. The predicted molar refractivity (Wildman–Crippen MR) is 131 cm³/mol. The third kappa shape index (κ3) is 10.4. The first kappa shape index (κ1) is 26.4. The molecule has 0 aromatic heterocycles. The van der Waals surface area contributed by atoms with E-state index in [9.17, 15) is 5.11 Å². The van der Waals surface area contributed by atoms with E-state index in [2.05, 4.69) is 56.8 Å². The lowest BCUT2D eigenvalue weighted by molar-refractivity contribution is -0.0979. The summed E-state index contributed by atoms with van der Waals surface area (Å²) < 4.78 is 0. The molecule has 1 aromatic rings. The van der Waals surface area contributed by atoms with Gasteiger partial charge in [0.25, 0.3) is 0 Å². The number of carbonyl (C=O) groups is 1. The van der Waals surface area contributed by atoms with E-state index >= 15 is 0 Å². The molecule has 1 unspecified atom stereocenters. The SMILES string of the molecule is C=C(C)CC(CO)C1CCC(/C=C/c2ccc(CCCCCCC)cc2)CC1.C=O. The van der Waals surface area contributed by atoms with Gasteiger partial charge in [-0.1, -0.05) is 74.6 Å². The fourth-order valence-electron chi connectivity index (χ4n) is 4.61. The number of allylic oxidation sites excluding steroid dienone is 2. The first-order valence-electron chi connectivity index (χ1n) is 11.9. The number of unbranched alkanes of at least 4 members (excludes halogenated alkanes) is 4. The Bertz CT molecular complexity index is 594. The van der Waals surface area contributed by atoms with Gasteiger partial charge in [0.2, 0.25) is 0 Å². The van der Waals surface area contributed by atoms with Crippen LogP contribution >= 0.6 is 0 Å². The Balaban J connectivity index is 0.00000218. The maximum Gasteiger partial charge on any atom is 0.106 e. The minimum atomic E-state index is 0.309. The zero-order valence-electron chi connectivity index (χ0n) is 19.5. The van der Waals surface area contributed by atoms with Gasteiger partial charge in [0.15, 0.2) is 0 Å². The number of aliphatic hydroxyl groups excluding tert-OH is 1. The van der Waals surface area contributed by atoms with E-state index in [0.29, 0.717) is 24.4 Å². The Labute approximate surface area is 185 Å². The Morgan fingerprint density at radius 3 is 2.27 bits per heavy atom. The Hall–Kier alpha value is -1.67. The molecule has 1 fully saturated rings. The molecular formula is C28H44O2. The normalized spacial score (nSPS) is 19.8. The lowest BCUT2D eigenvalue weighted by Gasteiger charge is -2.32. The van der Waals surface area contributed by atoms with Gasteiger partial charge in [-0.15, -0.1) is 6.58 Å². The maximum absolute atomic E-state index is 9.70. The van der Waals surface area contributed by atoms with Gasteiger partial charge in [0.1, 0.15) is 6.79 Å². The summed E-state index contributed by atoms with van der Waals surface area (Å²) >= 11 is 0. The molecule has 0 amide bonds. The van der Waals surface area contributed by atoms with Gasteiger partial charge in [0.05, 0.1) is 0 Å². The quantitative estimate of drug-likeness (QED) is 0.287. The second-order valence-electron chi connectivity index (χ2n) is 9.04. The summed E-state index contributed by atoms with van der Waals surface area (Å²) in [7, 11) is 0. The fourth-order valence-corrected chi connectivity index (χ4v) is 4.61. The molecule has 168 valence electrons. The first-order valence-corrected chi connectivity index (χ1v) is 11.9. The first-order chi connectivity index (χ1) is 14.6. The summed E-state index contributed by atoms with van der Waals surface area (Å²) in [5, 5.41) is 9.70. The molecule has 1 atom stereocenters. The summed E-state index contributed by atoms with van der Waals surface area (Å²) in [5.41, 5.74) is 4.00. The van der Waals surface area contributed by atoms with Crippen LogP contribution in [0.5, 0.6) is 0 Å². The van der Waals surface area contributed by atoms with Crippen molar-refractivity contribution in [1.82, 2.24) is 0 Å². The molecule has 0 radical (unpaired) electrons. The minimum absolute atomic E-state index is 0.309. The molecule has 1 aliphatic carbocycles. The van der Waals surface area contributed by atoms with Crippen molar-refractivity contribution < 1.29 is 9.90 Å². The van der Waals surface area contributed by atoms with E-state index in [1.54, 1.807) is 0 Å². The predicted octanol–water partition coefficient (Wildman–Crippen LogP) is 7.41. The number of hydrogen-bond donors (Lipinski definition) is 1. The van der Waals surface area contributed by atoms with Crippen LogP contribution in [0.3, 0.4) is 0 Å². The number of carbonyl (C=O) groups excluding carboxylic acids is 1. The molecule has 2 rings (SSSR count). The van der Waals surface area contributed by atoms with E-state index in [1.165, 1.54) is 80.9 Å². The van der Waals surface area contributed by atoms with Gasteiger partial charge in [-0.25, -0.2) is 0 Å². The van der Waals surface area contributed by atoms with E-state index in [1.807, 2.05) is 6.79 Å². The molecule has 1 N–H and O–H groups in total. The number of benzene rings is 1. The minimum Gasteiger partial charge on any atom is -0.396 e. The van der Waals surface area contributed by atoms with Gasteiger partial charge in [-0.2, -0.15) is 0 Å². The van der Waals surface area contributed by atoms with Crippen LogP contribution in [0.1, 0.15) is 89.2 Å². The summed E-state index contributed by atoms with van der Waals surface area (Å²) in [6, 6.07) is 9.16. The van der Waals surface area contributed by atoms with E-state index in [-0.39, 0.29) is 0 Å². The van der Waals surface area contributed by atoms with Crippen LogP contribution in [0.4, 0.5) is 0 Å². The summed E-state index contributed by atoms with van der Waals surface area (Å²) in [6.07, 6.45) is 18.7. The second-order valence-corrected chi connectivity index (χ2v) is 9.04. The van der Waals surface area contributed by atoms with Crippen LogP contribution in [0.2, 0.25) is 0 Å². The average Bonchev–Trinajstić information content (AvgIpc) is 2.78. The monoisotopic (exact) mass is 412 g/mol. The van der Waals surface area contributed by atoms with E-state index in [4.69, 9.17) is 4.79 Å². The zero-order valence-corrected chi connectivity index (χ0v) is 19.5. The summed E-state index contributed by atoms with van der Waals surface area (Å²) in [6.45, 7) is 10.7. The average molecular weight is 413 g/mol. The molecule has 0 spiro atoms.